The molecule has 0 bridgehead atoms. The SMILES string of the molecule is C[C@@H](NC(=O)Cn1cnc2ccc(F)cc2c1=O)[C@H]1CCCO1. The third-order valence-corrected chi connectivity index (χ3v) is 4.01. The second-order valence-electron chi connectivity index (χ2n) is 5.75. The Morgan fingerprint density at radius 1 is 1.57 bits per heavy atom. The van der Waals surface area contributed by atoms with Gasteiger partial charge in [-0.05, 0) is 38.0 Å². The number of rotatable bonds is 4. The van der Waals surface area contributed by atoms with Gasteiger partial charge < -0.3 is 10.1 Å². The lowest BCUT2D eigenvalue weighted by Gasteiger charge is -2.20. The van der Waals surface area contributed by atoms with Gasteiger partial charge >= 0.3 is 0 Å². The van der Waals surface area contributed by atoms with Crippen LogP contribution in [0.5, 0.6) is 0 Å². The number of ether oxygens (including phenoxy) is 1. The lowest BCUT2D eigenvalue weighted by atomic mass is 10.1. The first-order valence-corrected chi connectivity index (χ1v) is 7.60. The Bertz CT molecular complexity index is 784. The molecule has 1 amide bonds. The smallest absolute Gasteiger partial charge is 0.261 e. The molecule has 1 N–H and O–H groups in total. The molecule has 2 atom stereocenters. The van der Waals surface area contributed by atoms with Crippen LogP contribution in [-0.2, 0) is 16.1 Å². The normalized spacial score (nSPS) is 19.0. The molecule has 2 heterocycles. The molecule has 0 unspecified atom stereocenters. The second kappa shape index (κ2) is 6.45. The van der Waals surface area contributed by atoms with Crippen molar-refractivity contribution in [3.05, 3.63) is 40.7 Å². The Morgan fingerprint density at radius 3 is 3.13 bits per heavy atom. The van der Waals surface area contributed by atoms with Crippen LogP contribution < -0.4 is 10.9 Å². The Kier molecular flexibility index (Phi) is 4.38. The van der Waals surface area contributed by atoms with E-state index in [9.17, 15) is 14.0 Å². The van der Waals surface area contributed by atoms with Crippen LogP contribution in [0.25, 0.3) is 10.9 Å². The van der Waals surface area contributed by atoms with Gasteiger partial charge in [-0.2, -0.15) is 0 Å². The first-order chi connectivity index (χ1) is 11.0. The Labute approximate surface area is 132 Å². The van der Waals surface area contributed by atoms with Crippen LogP contribution >= 0.6 is 0 Å². The van der Waals surface area contributed by atoms with E-state index in [1.54, 1.807) is 0 Å². The van der Waals surface area contributed by atoms with Crippen LogP contribution in [0.2, 0.25) is 0 Å². The van der Waals surface area contributed by atoms with Crippen molar-refractivity contribution in [3.63, 3.8) is 0 Å². The summed E-state index contributed by atoms with van der Waals surface area (Å²) in [5.41, 5.74) is -0.0322. The Morgan fingerprint density at radius 2 is 2.39 bits per heavy atom. The van der Waals surface area contributed by atoms with Gasteiger partial charge in [-0.25, -0.2) is 9.37 Å². The summed E-state index contributed by atoms with van der Waals surface area (Å²) in [4.78, 5) is 28.5. The average molecular weight is 319 g/mol. The zero-order chi connectivity index (χ0) is 16.4. The molecule has 1 aliphatic heterocycles. The molecule has 0 spiro atoms. The van der Waals surface area contributed by atoms with E-state index in [4.69, 9.17) is 4.74 Å². The van der Waals surface area contributed by atoms with Crippen LogP contribution in [0.15, 0.2) is 29.3 Å². The predicted molar refractivity (Wildman–Crippen MR) is 82.5 cm³/mol. The van der Waals surface area contributed by atoms with Crippen LogP contribution in [-0.4, -0.2) is 34.2 Å². The summed E-state index contributed by atoms with van der Waals surface area (Å²) in [6, 6.07) is 3.70. The highest BCUT2D eigenvalue weighted by molar-refractivity contribution is 5.79. The van der Waals surface area contributed by atoms with E-state index in [2.05, 4.69) is 10.3 Å². The number of halogens is 1. The lowest BCUT2D eigenvalue weighted by molar-refractivity contribution is -0.123. The maximum Gasteiger partial charge on any atom is 0.261 e. The molecule has 0 radical (unpaired) electrons. The van der Waals surface area contributed by atoms with Gasteiger partial charge in [-0.1, -0.05) is 0 Å². The van der Waals surface area contributed by atoms with Gasteiger partial charge in [-0.3, -0.25) is 14.2 Å². The van der Waals surface area contributed by atoms with Crippen molar-refractivity contribution in [2.75, 3.05) is 6.61 Å². The van der Waals surface area contributed by atoms with Gasteiger partial charge in [0.2, 0.25) is 5.91 Å². The highest BCUT2D eigenvalue weighted by Crippen LogP contribution is 2.15. The fourth-order valence-corrected chi connectivity index (χ4v) is 2.79. The van der Waals surface area contributed by atoms with Gasteiger partial charge in [0.25, 0.3) is 5.56 Å². The molecule has 6 nitrogen and oxygen atoms in total. The van der Waals surface area contributed by atoms with Crippen LogP contribution in [0.3, 0.4) is 0 Å². The van der Waals surface area contributed by atoms with Crippen LogP contribution in [0.1, 0.15) is 19.8 Å². The molecule has 1 aromatic heterocycles. The van der Waals surface area contributed by atoms with Crippen molar-refractivity contribution in [2.24, 2.45) is 0 Å². The standard InChI is InChI=1S/C16H18FN3O3/c1-10(14-3-2-6-23-14)19-15(21)8-20-9-18-13-5-4-11(17)7-12(13)16(20)22/h4-5,7,9-10,14H,2-3,6,8H2,1H3,(H,19,21)/t10-,14-/m1/s1. The fraction of sp³-hybridized carbons (Fsp3) is 0.438. The molecule has 1 aliphatic rings. The number of hydrogen-bond acceptors (Lipinski definition) is 4. The first kappa shape index (κ1) is 15.6. The lowest BCUT2D eigenvalue weighted by Crippen LogP contribution is -2.43. The Hall–Kier alpha value is -2.28. The van der Waals surface area contributed by atoms with Crippen molar-refractivity contribution in [1.82, 2.24) is 14.9 Å². The summed E-state index contributed by atoms with van der Waals surface area (Å²) >= 11 is 0. The molecular weight excluding hydrogens is 301 g/mol. The quantitative estimate of drug-likeness (QED) is 0.919. The van der Waals surface area contributed by atoms with E-state index in [0.29, 0.717) is 12.1 Å². The predicted octanol–water partition coefficient (Wildman–Crippen LogP) is 1.22. The molecule has 23 heavy (non-hydrogen) atoms. The third-order valence-electron chi connectivity index (χ3n) is 4.01. The number of hydrogen-bond donors (Lipinski definition) is 1. The molecule has 1 fully saturated rings. The molecule has 1 saturated heterocycles. The van der Waals surface area contributed by atoms with E-state index in [1.807, 2.05) is 6.92 Å². The zero-order valence-corrected chi connectivity index (χ0v) is 12.8. The monoisotopic (exact) mass is 319 g/mol. The topological polar surface area (TPSA) is 73.2 Å². The molecule has 7 heteroatoms. The molecule has 1 aromatic carbocycles. The summed E-state index contributed by atoms with van der Waals surface area (Å²) < 4.78 is 20.0. The summed E-state index contributed by atoms with van der Waals surface area (Å²) in [5, 5.41) is 2.99. The summed E-state index contributed by atoms with van der Waals surface area (Å²) in [6.07, 6.45) is 3.22. The molecule has 3 rings (SSSR count). The number of aromatic nitrogens is 2. The number of nitrogens with zero attached hydrogens (tertiary/aromatic N) is 2. The van der Waals surface area contributed by atoms with Gasteiger partial charge in [0, 0.05) is 6.61 Å². The zero-order valence-electron chi connectivity index (χ0n) is 12.8. The van der Waals surface area contributed by atoms with E-state index in [1.165, 1.54) is 23.0 Å². The largest absolute Gasteiger partial charge is 0.376 e. The van der Waals surface area contributed by atoms with E-state index in [0.717, 1.165) is 18.9 Å². The third kappa shape index (κ3) is 3.39. The second-order valence-corrected chi connectivity index (χ2v) is 5.75. The summed E-state index contributed by atoms with van der Waals surface area (Å²) in [6.45, 7) is 2.44. The van der Waals surface area contributed by atoms with E-state index >= 15 is 0 Å². The summed E-state index contributed by atoms with van der Waals surface area (Å²) in [7, 11) is 0. The van der Waals surface area contributed by atoms with Crippen molar-refractivity contribution < 1.29 is 13.9 Å². The number of fused-ring (bicyclic) bond motifs is 1. The number of amides is 1. The number of carbonyl (C=O) groups excluding carboxylic acids is 1. The highest BCUT2D eigenvalue weighted by atomic mass is 19.1. The number of nitrogens with one attached hydrogen (secondary N) is 1. The van der Waals surface area contributed by atoms with E-state index in [-0.39, 0.29) is 30.0 Å². The maximum absolute atomic E-state index is 13.3. The minimum absolute atomic E-state index is 0.0134. The first-order valence-electron chi connectivity index (χ1n) is 7.60. The maximum atomic E-state index is 13.3. The van der Waals surface area contributed by atoms with Gasteiger partial charge in [0.05, 0.1) is 29.4 Å². The van der Waals surface area contributed by atoms with Crippen molar-refractivity contribution in [1.29, 1.82) is 0 Å². The molecular formula is C16H18FN3O3. The van der Waals surface area contributed by atoms with Crippen LogP contribution in [0, 0.1) is 5.82 Å². The molecule has 0 aliphatic carbocycles. The van der Waals surface area contributed by atoms with Crippen molar-refractivity contribution in [2.45, 2.75) is 38.5 Å². The summed E-state index contributed by atoms with van der Waals surface area (Å²) in [5.74, 6) is -0.807. The van der Waals surface area contributed by atoms with Crippen LogP contribution in [0.4, 0.5) is 4.39 Å². The fourth-order valence-electron chi connectivity index (χ4n) is 2.79. The number of carbonyl (C=O) groups is 1. The van der Waals surface area contributed by atoms with Gasteiger partial charge in [-0.15, -0.1) is 0 Å². The molecule has 0 saturated carbocycles. The Balaban J connectivity index is 1.74. The molecule has 122 valence electrons. The van der Waals surface area contributed by atoms with Gasteiger partial charge in [0.15, 0.2) is 0 Å². The number of benzene rings is 1. The van der Waals surface area contributed by atoms with Crippen molar-refractivity contribution >= 4 is 16.8 Å². The van der Waals surface area contributed by atoms with Crippen molar-refractivity contribution in [3.8, 4) is 0 Å². The highest BCUT2D eigenvalue weighted by Gasteiger charge is 2.23. The molecule has 2 aromatic rings. The van der Waals surface area contributed by atoms with Gasteiger partial charge in [0.1, 0.15) is 12.4 Å². The minimum Gasteiger partial charge on any atom is -0.376 e. The average Bonchev–Trinajstić information content (AvgIpc) is 3.05. The van der Waals surface area contributed by atoms with E-state index < -0.39 is 11.4 Å². The minimum atomic E-state index is -0.509.